The van der Waals surface area contributed by atoms with Crippen LogP contribution < -0.4 is 5.73 Å². The molecule has 0 heterocycles. The third-order valence-corrected chi connectivity index (χ3v) is 5.59. The minimum absolute atomic E-state index is 0.726. The predicted molar refractivity (Wildman–Crippen MR) is 87.9 cm³/mol. The van der Waals surface area contributed by atoms with Gasteiger partial charge in [0, 0.05) is 18.6 Å². The molecule has 0 aromatic rings. The Balaban J connectivity index is 1.97. The number of rotatable bonds is 7. The van der Waals surface area contributed by atoms with Crippen LogP contribution in [0, 0.1) is 5.92 Å². The Labute approximate surface area is 126 Å². The average molecular weight is 280 g/mol. The van der Waals surface area contributed by atoms with Crippen molar-refractivity contribution >= 4 is 0 Å². The molecule has 2 heteroatoms. The number of hydrogen-bond acceptors (Lipinski definition) is 2. The summed E-state index contributed by atoms with van der Waals surface area (Å²) >= 11 is 0. The lowest BCUT2D eigenvalue weighted by Gasteiger charge is -2.43. The van der Waals surface area contributed by atoms with E-state index in [0.717, 1.165) is 24.5 Å². The molecule has 2 N–H and O–H groups in total. The monoisotopic (exact) mass is 280 g/mol. The van der Waals surface area contributed by atoms with E-state index in [2.05, 4.69) is 11.8 Å². The van der Waals surface area contributed by atoms with Gasteiger partial charge in [-0.05, 0) is 44.6 Å². The molecule has 1 unspecified atom stereocenters. The Kier molecular flexibility index (Phi) is 7.37. The van der Waals surface area contributed by atoms with Crippen molar-refractivity contribution in [1.29, 1.82) is 0 Å². The van der Waals surface area contributed by atoms with Crippen LogP contribution in [-0.2, 0) is 0 Å². The van der Waals surface area contributed by atoms with Crippen molar-refractivity contribution in [3.63, 3.8) is 0 Å². The molecule has 20 heavy (non-hydrogen) atoms. The summed E-state index contributed by atoms with van der Waals surface area (Å²) in [5.74, 6) is 0.726. The minimum Gasteiger partial charge on any atom is -0.330 e. The normalized spacial score (nSPS) is 24.1. The maximum atomic E-state index is 6.04. The zero-order valence-electron chi connectivity index (χ0n) is 13.7. The fraction of sp³-hybridized carbons (Fsp3) is 1.00. The third-order valence-electron chi connectivity index (χ3n) is 5.59. The quantitative estimate of drug-likeness (QED) is 0.752. The van der Waals surface area contributed by atoms with Gasteiger partial charge in [-0.3, -0.25) is 4.90 Å². The predicted octanol–water partition coefficient (Wildman–Crippen LogP) is 4.33. The summed E-state index contributed by atoms with van der Waals surface area (Å²) in [4.78, 5) is 2.92. The molecule has 2 fully saturated rings. The molecule has 0 saturated heterocycles. The molecule has 118 valence electrons. The molecule has 0 aromatic carbocycles. The van der Waals surface area contributed by atoms with E-state index in [4.69, 9.17) is 5.73 Å². The number of hydrogen-bond donors (Lipinski definition) is 1. The van der Waals surface area contributed by atoms with Gasteiger partial charge in [0.15, 0.2) is 0 Å². The van der Waals surface area contributed by atoms with Crippen molar-refractivity contribution < 1.29 is 0 Å². The van der Waals surface area contributed by atoms with Gasteiger partial charge >= 0.3 is 0 Å². The van der Waals surface area contributed by atoms with E-state index in [1.54, 1.807) is 0 Å². The van der Waals surface area contributed by atoms with Crippen LogP contribution in [-0.4, -0.2) is 30.1 Å². The third kappa shape index (κ3) is 4.73. The summed E-state index contributed by atoms with van der Waals surface area (Å²) < 4.78 is 0. The first-order valence-electron chi connectivity index (χ1n) is 9.31. The lowest BCUT2D eigenvalue weighted by Crippen LogP contribution is -2.48. The molecule has 0 aliphatic heterocycles. The number of nitrogens with zero attached hydrogens (tertiary/aromatic N) is 1. The van der Waals surface area contributed by atoms with Crippen molar-refractivity contribution in [3.05, 3.63) is 0 Å². The zero-order valence-corrected chi connectivity index (χ0v) is 13.7. The van der Waals surface area contributed by atoms with E-state index in [-0.39, 0.29) is 0 Å². The van der Waals surface area contributed by atoms with Crippen LogP contribution in [0.3, 0.4) is 0 Å². The molecule has 0 bridgehead atoms. The van der Waals surface area contributed by atoms with Gasteiger partial charge < -0.3 is 5.73 Å². The van der Waals surface area contributed by atoms with Crippen LogP contribution in [0.1, 0.15) is 84.0 Å². The Hall–Kier alpha value is -0.0800. The van der Waals surface area contributed by atoms with E-state index in [1.807, 2.05) is 0 Å². The van der Waals surface area contributed by atoms with Crippen LogP contribution >= 0.6 is 0 Å². The smallest absolute Gasteiger partial charge is 0.00983 e. The Morgan fingerprint density at radius 2 is 1.40 bits per heavy atom. The lowest BCUT2D eigenvalue weighted by atomic mass is 9.87. The van der Waals surface area contributed by atoms with E-state index in [9.17, 15) is 0 Å². The second kappa shape index (κ2) is 9.04. The molecule has 2 aliphatic carbocycles. The van der Waals surface area contributed by atoms with Crippen molar-refractivity contribution in [2.45, 2.75) is 96.1 Å². The van der Waals surface area contributed by atoms with Gasteiger partial charge in [-0.15, -0.1) is 0 Å². The topological polar surface area (TPSA) is 29.3 Å². The number of nitrogens with two attached hydrogens (primary N) is 1. The van der Waals surface area contributed by atoms with Gasteiger partial charge in [-0.2, -0.15) is 0 Å². The fourth-order valence-electron chi connectivity index (χ4n) is 4.41. The van der Waals surface area contributed by atoms with Crippen molar-refractivity contribution in [2.24, 2.45) is 11.7 Å². The second-order valence-corrected chi connectivity index (χ2v) is 7.17. The van der Waals surface area contributed by atoms with Gasteiger partial charge in [0.05, 0.1) is 0 Å². The molecular formula is C18H36N2. The summed E-state index contributed by atoms with van der Waals surface area (Å²) in [6, 6.07) is 1.75. The Bertz CT molecular complexity index is 224. The molecule has 2 rings (SSSR count). The van der Waals surface area contributed by atoms with Crippen LogP contribution in [0.4, 0.5) is 0 Å². The lowest BCUT2D eigenvalue weighted by molar-refractivity contribution is 0.0636. The van der Waals surface area contributed by atoms with E-state index in [1.165, 1.54) is 83.6 Å². The maximum absolute atomic E-state index is 6.04. The van der Waals surface area contributed by atoms with Crippen molar-refractivity contribution in [1.82, 2.24) is 4.90 Å². The molecule has 2 saturated carbocycles. The standard InChI is InChI=1S/C18H36N2/c1-2-9-16(14-19)15-20(17-10-5-3-6-11-17)18-12-7-4-8-13-18/h16-18H,2-15,19H2,1H3. The minimum atomic E-state index is 0.726. The highest BCUT2D eigenvalue weighted by atomic mass is 15.2. The fourth-order valence-corrected chi connectivity index (χ4v) is 4.41. The highest BCUT2D eigenvalue weighted by Crippen LogP contribution is 2.31. The molecule has 0 spiro atoms. The van der Waals surface area contributed by atoms with Gasteiger partial charge in [0.1, 0.15) is 0 Å². The Morgan fingerprint density at radius 3 is 1.80 bits per heavy atom. The first kappa shape index (κ1) is 16.3. The van der Waals surface area contributed by atoms with E-state index < -0.39 is 0 Å². The van der Waals surface area contributed by atoms with Crippen molar-refractivity contribution in [3.8, 4) is 0 Å². The van der Waals surface area contributed by atoms with Gasteiger partial charge in [-0.1, -0.05) is 51.9 Å². The van der Waals surface area contributed by atoms with Crippen LogP contribution in [0.25, 0.3) is 0 Å². The highest BCUT2D eigenvalue weighted by Gasteiger charge is 2.29. The molecule has 0 aromatic heterocycles. The van der Waals surface area contributed by atoms with Crippen LogP contribution in [0.15, 0.2) is 0 Å². The summed E-state index contributed by atoms with van der Waals surface area (Å²) in [7, 11) is 0. The second-order valence-electron chi connectivity index (χ2n) is 7.17. The summed E-state index contributed by atoms with van der Waals surface area (Å²) in [6.45, 7) is 4.46. The summed E-state index contributed by atoms with van der Waals surface area (Å²) in [5.41, 5.74) is 6.04. The molecule has 1 atom stereocenters. The molecular weight excluding hydrogens is 244 g/mol. The van der Waals surface area contributed by atoms with Crippen LogP contribution in [0.2, 0.25) is 0 Å². The maximum Gasteiger partial charge on any atom is 0.00983 e. The van der Waals surface area contributed by atoms with Gasteiger partial charge in [0.2, 0.25) is 0 Å². The highest BCUT2D eigenvalue weighted by molar-refractivity contribution is 4.85. The largest absolute Gasteiger partial charge is 0.330 e. The molecule has 2 aliphatic rings. The van der Waals surface area contributed by atoms with Gasteiger partial charge in [-0.25, -0.2) is 0 Å². The van der Waals surface area contributed by atoms with Crippen molar-refractivity contribution in [2.75, 3.05) is 13.1 Å². The molecule has 0 amide bonds. The van der Waals surface area contributed by atoms with E-state index in [0.29, 0.717) is 0 Å². The average Bonchev–Trinajstić information content (AvgIpc) is 2.53. The van der Waals surface area contributed by atoms with Crippen LogP contribution in [0.5, 0.6) is 0 Å². The molecule has 2 nitrogen and oxygen atoms in total. The Morgan fingerprint density at radius 1 is 0.900 bits per heavy atom. The summed E-state index contributed by atoms with van der Waals surface area (Å²) in [5, 5.41) is 0. The first-order valence-corrected chi connectivity index (χ1v) is 9.31. The first-order chi connectivity index (χ1) is 9.85. The molecule has 0 radical (unpaired) electrons. The SMILES string of the molecule is CCCC(CN)CN(C1CCCCC1)C1CCCCC1. The van der Waals surface area contributed by atoms with Gasteiger partial charge in [0.25, 0.3) is 0 Å². The zero-order chi connectivity index (χ0) is 14.2. The summed E-state index contributed by atoms with van der Waals surface area (Å²) in [6.07, 6.45) is 17.1. The van der Waals surface area contributed by atoms with E-state index >= 15 is 0 Å².